The van der Waals surface area contributed by atoms with Crippen LogP contribution in [0, 0.1) is 0 Å². The van der Waals surface area contributed by atoms with E-state index in [0.717, 1.165) is 13.1 Å². The number of piperazine rings is 1. The van der Waals surface area contributed by atoms with Gasteiger partial charge >= 0.3 is 0 Å². The third-order valence-electron chi connectivity index (χ3n) is 2.89. The van der Waals surface area contributed by atoms with Gasteiger partial charge in [-0.15, -0.1) is 11.6 Å². The molecule has 5 nitrogen and oxygen atoms in total. The Hall–Kier alpha value is -0.810. The molecule has 0 atom stereocenters. The van der Waals surface area contributed by atoms with Crippen molar-refractivity contribution in [2.45, 2.75) is 6.42 Å². The maximum Gasteiger partial charge on any atom is 0.236 e. The van der Waals surface area contributed by atoms with Crippen molar-refractivity contribution in [3.05, 3.63) is 0 Å². The largest absolute Gasteiger partial charge is 0.348 e. The van der Waals surface area contributed by atoms with Crippen LogP contribution >= 0.6 is 11.6 Å². The number of likely N-dealkylation sites (N-methyl/N-ethyl adjacent to an activating group) is 1. The zero-order valence-electron chi connectivity index (χ0n) is 10.5. The first-order chi connectivity index (χ1) is 8.04. The van der Waals surface area contributed by atoms with Crippen molar-refractivity contribution in [2.75, 3.05) is 52.7 Å². The standard InChI is InChI=1S/C11H20ClN3O2/c1-13(2)11(17)9-14-5-7-15(8-6-14)10(16)3-4-12/h3-9H2,1-2H3. The van der Waals surface area contributed by atoms with E-state index >= 15 is 0 Å². The molecular weight excluding hydrogens is 242 g/mol. The zero-order chi connectivity index (χ0) is 12.8. The van der Waals surface area contributed by atoms with E-state index in [1.165, 1.54) is 0 Å². The van der Waals surface area contributed by atoms with Crippen LogP contribution in [0.15, 0.2) is 0 Å². The topological polar surface area (TPSA) is 43.9 Å². The predicted octanol–water partition coefficient (Wildman–Crippen LogP) is -0.152. The van der Waals surface area contributed by atoms with E-state index in [2.05, 4.69) is 4.90 Å². The Morgan fingerprint density at radius 3 is 2.24 bits per heavy atom. The molecule has 1 heterocycles. The van der Waals surface area contributed by atoms with Crippen LogP contribution in [-0.4, -0.2) is 79.2 Å². The van der Waals surface area contributed by atoms with E-state index in [9.17, 15) is 9.59 Å². The van der Waals surface area contributed by atoms with Crippen LogP contribution in [0.2, 0.25) is 0 Å². The number of halogens is 1. The molecule has 0 unspecified atom stereocenters. The van der Waals surface area contributed by atoms with Gasteiger partial charge in [0.2, 0.25) is 11.8 Å². The van der Waals surface area contributed by atoms with Gasteiger partial charge in [-0.25, -0.2) is 0 Å². The summed E-state index contributed by atoms with van der Waals surface area (Å²) in [6.45, 7) is 3.33. The number of nitrogens with zero attached hydrogens (tertiary/aromatic N) is 3. The Kier molecular flexibility index (Phi) is 5.71. The van der Waals surface area contributed by atoms with Crippen molar-refractivity contribution >= 4 is 23.4 Å². The normalized spacial score (nSPS) is 17.0. The molecule has 0 aromatic rings. The Morgan fingerprint density at radius 1 is 1.18 bits per heavy atom. The summed E-state index contributed by atoms with van der Waals surface area (Å²) in [5.74, 6) is 0.585. The molecule has 1 aliphatic rings. The SMILES string of the molecule is CN(C)C(=O)CN1CCN(C(=O)CCCl)CC1. The van der Waals surface area contributed by atoms with Gasteiger partial charge in [-0.3, -0.25) is 14.5 Å². The van der Waals surface area contributed by atoms with Crippen LogP contribution in [-0.2, 0) is 9.59 Å². The van der Waals surface area contributed by atoms with Crippen LogP contribution in [0.25, 0.3) is 0 Å². The average molecular weight is 262 g/mol. The molecule has 0 bridgehead atoms. The lowest BCUT2D eigenvalue weighted by Crippen LogP contribution is -2.51. The van der Waals surface area contributed by atoms with Gasteiger partial charge in [0.15, 0.2) is 0 Å². The Morgan fingerprint density at radius 2 is 1.76 bits per heavy atom. The summed E-state index contributed by atoms with van der Waals surface area (Å²) >= 11 is 5.54. The van der Waals surface area contributed by atoms with E-state index in [0.29, 0.717) is 31.9 Å². The van der Waals surface area contributed by atoms with E-state index in [1.807, 2.05) is 4.90 Å². The van der Waals surface area contributed by atoms with Crippen molar-refractivity contribution in [2.24, 2.45) is 0 Å². The van der Waals surface area contributed by atoms with Crippen LogP contribution < -0.4 is 0 Å². The molecular formula is C11H20ClN3O2. The first kappa shape index (κ1) is 14.3. The van der Waals surface area contributed by atoms with Crippen molar-refractivity contribution in [1.29, 1.82) is 0 Å². The highest BCUT2D eigenvalue weighted by atomic mass is 35.5. The van der Waals surface area contributed by atoms with Crippen LogP contribution in [0.1, 0.15) is 6.42 Å². The summed E-state index contributed by atoms with van der Waals surface area (Å²) in [5.41, 5.74) is 0. The smallest absolute Gasteiger partial charge is 0.236 e. The molecule has 1 aliphatic heterocycles. The van der Waals surface area contributed by atoms with Crippen molar-refractivity contribution in [3.8, 4) is 0 Å². The molecule has 1 fully saturated rings. The van der Waals surface area contributed by atoms with E-state index in [4.69, 9.17) is 11.6 Å². The van der Waals surface area contributed by atoms with Gasteiger partial charge < -0.3 is 9.80 Å². The van der Waals surface area contributed by atoms with Crippen LogP contribution in [0.3, 0.4) is 0 Å². The van der Waals surface area contributed by atoms with Crippen molar-refractivity contribution in [3.63, 3.8) is 0 Å². The number of carbonyl (C=O) groups excluding carboxylic acids is 2. The molecule has 0 aromatic heterocycles. The summed E-state index contributed by atoms with van der Waals surface area (Å²) in [7, 11) is 3.51. The summed E-state index contributed by atoms with van der Waals surface area (Å²) < 4.78 is 0. The Labute approximate surface area is 107 Å². The highest BCUT2D eigenvalue weighted by Gasteiger charge is 2.22. The molecule has 1 rings (SSSR count). The van der Waals surface area contributed by atoms with E-state index in [1.54, 1.807) is 19.0 Å². The zero-order valence-corrected chi connectivity index (χ0v) is 11.2. The number of rotatable bonds is 4. The number of hydrogen-bond donors (Lipinski definition) is 0. The second kappa shape index (κ2) is 6.81. The maximum atomic E-state index is 11.6. The molecule has 0 saturated carbocycles. The molecule has 0 N–H and O–H groups in total. The highest BCUT2D eigenvalue weighted by molar-refractivity contribution is 6.18. The Bertz CT molecular complexity index is 276. The van der Waals surface area contributed by atoms with Gasteiger partial charge in [0, 0.05) is 52.6 Å². The second-order valence-electron chi connectivity index (χ2n) is 4.38. The van der Waals surface area contributed by atoms with E-state index in [-0.39, 0.29) is 11.8 Å². The summed E-state index contributed by atoms with van der Waals surface area (Å²) in [4.78, 5) is 28.6. The number of amides is 2. The van der Waals surface area contributed by atoms with Crippen LogP contribution in [0.4, 0.5) is 0 Å². The average Bonchev–Trinajstić information content (AvgIpc) is 2.30. The van der Waals surface area contributed by atoms with Gasteiger partial charge in [0.1, 0.15) is 0 Å². The molecule has 2 amide bonds. The minimum atomic E-state index is 0.102. The maximum absolute atomic E-state index is 11.6. The van der Waals surface area contributed by atoms with E-state index < -0.39 is 0 Å². The monoisotopic (exact) mass is 261 g/mol. The molecule has 0 spiro atoms. The highest BCUT2D eigenvalue weighted by Crippen LogP contribution is 2.04. The molecule has 1 saturated heterocycles. The van der Waals surface area contributed by atoms with Crippen molar-refractivity contribution in [1.82, 2.24) is 14.7 Å². The fourth-order valence-electron chi connectivity index (χ4n) is 1.73. The fraction of sp³-hybridized carbons (Fsp3) is 0.818. The second-order valence-corrected chi connectivity index (χ2v) is 4.76. The number of carbonyl (C=O) groups is 2. The van der Waals surface area contributed by atoms with Gasteiger partial charge in [0.25, 0.3) is 0 Å². The lowest BCUT2D eigenvalue weighted by atomic mass is 10.3. The summed E-state index contributed by atoms with van der Waals surface area (Å²) in [6, 6.07) is 0. The molecule has 6 heteroatoms. The quantitative estimate of drug-likeness (QED) is 0.661. The lowest BCUT2D eigenvalue weighted by Gasteiger charge is -2.34. The first-order valence-corrected chi connectivity index (χ1v) is 6.34. The molecule has 0 aromatic carbocycles. The molecule has 0 aliphatic carbocycles. The van der Waals surface area contributed by atoms with Crippen molar-refractivity contribution < 1.29 is 9.59 Å². The van der Waals surface area contributed by atoms with Gasteiger partial charge in [-0.1, -0.05) is 0 Å². The minimum absolute atomic E-state index is 0.102. The summed E-state index contributed by atoms with van der Waals surface area (Å²) in [6.07, 6.45) is 0.401. The summed E-state index contributed by atoms with van der Waals surface area (Å²) in [5, 5.41) is 0. The third kappa shape index (κ3) is 4.52. The molecule has 98 valence electrons. The third-order valence-corrected chi connectivity index (χ3v) is 3.08. The molecule has 0 radical (unpaired) electrons. The molecule has 17 heavy (non-hydrogen) atoms. The number of alkyl halides is 1. The van der Waals surface area contributed by atoms with Gasteiger partial charge in [0.05, 0.1) is 6.54 Å². The van der Waals surface area contributed by atoms with Gasteiger partial charge in [-0.05, 0) is 0 Å². The fourth-order valence-corrected chi connectivity index (χ4v) is 1.89. The predicted molar refractivity (Wildman–Crippen MR) is 67.1 cm³/mol. The van der Waals surface area contributed by atoms with Gasteiger partial charge in [-0.2, -0.15) is 0 Å². The van der Waals surface area contributed by atoms with Crippen LogP contribution in [0.5, 0.6) is 0 Å². The first-order valence-electron chi connectivity index (χ1n) is 5.81. The Balaban J connectivity index is 2.31. The minimum Gasteiger partial charge on any atom is -0.348 e. The number of hydrogen-bond acceptors (Lipinski definition) is 3. The lowest BCUT2D eigenvalue weighted by molar-refractivity contribution is -0.133.